The number of allylic oxidation sites excluding steroid dienone is 1. The van der Waals surface area contributed by atoms with E-state index in [1.54, 1.807) is 30.2 Å². The van der Waals surface area contributed by atoms with Gasteiger partial charge >= 0.3 is 0 Å². The Balaban J connectivity index is 1.83. The van der Waals surface area contributed by atoms with Crippen LogP contribution in [0.15, 0.2) is 40.2 Å². The van der Waals surface area contributed by atoms with Crippen molar-refractivity contribution in [2.75, 3.05) is 19.5 Å². The van der Waals surface area contributed by atoms with Gasteiger partial charge in [-0.05, 0) is 56.7 Å². The lowest BCUT2D eigenvalue weighted by molar-refractivity contribution is 0.387. The number of ether oxygens (including phenoxy) is 2. The molecule has 3 aromatic rings. The molecule has 1 aliphatic heterocycles. The molecule has 7 nitrogen and oxygen atoms in total. The van der Waals surface area contributed by atoms with Crippen LogP contribution in [0.4, 0.5) is 5.95 Å². The van der Waals surface area contributed by atoms with Gasteiger partial charge in [0.25, 0.3) is 0 Å². The smallest absolute Gasteiger partial charge is 0.248 e. The van der Waals surface area contributed by atoms with Crippen LogP contribution >= 0.6 is 27.3 Å². The third-order valence-electron chi connectivity index (χ3n) is 3.93. The van der Waals surface area contributed by atoms with Crippen LogP contribution in [0.5, 0.6) is 11.5 Å². The van der Waals surface area contributed by atoms with Gasteiger partial charge in [-0.15, -0.1) is 11.3 Å². The molecule has 3 heterocycles. The first-order chi connectivity index (χ1) is 12.2. The van der Waals surface area contributed by atoms with Gasteiger partial charge in [-0.3, -0.25) is 0 Å². The van der Waals surface area contributed by atoms with Gasteiger partial charge in [0, 0.05) is 11.6 Å². The fourth-order valence-corrected chi connectivity index (χ4v) is 4.11. The molecule has 0 bridgehead atoms. The number of hydrogen-bond acceptors (Lipinski definition) is 7. The van der Waals surface area contributed by atoms with Gasteiger partial charge < -0.3 is 14.8 Å². The summed E-state index contributed by atoms with van der Waals surface area (Å²) in [4.78, 5) is 1.10. The zero-order chi connectivity index (χ0) is 17.4. The standard InChI is InChI=1S/C16H14BrN5O2S/c1-23-9-3-4-10(13(7-9)24-2)12-8-11(14-5-6-15(17)25-14)18-16-19-20-21-22(12)16/h3-8,12H,1-2H3,(H,18,19,21)/t12-/m0/s1. The second kappa shape index (κ2) is 6.49. The quantitative estimate of drug-likeness (QED) is 0.696. The molecule has 0 saturated carbocycles. The van der Waals surface area contributed by atoms with Crippen molar-refractivity contribution in [3.05, 3.63) is 50.6 Å². The van der Waals surface area contributed by atoms with Gasteiger partial charge in [-0.25, -0.2) is 0 Å². The molecule has 0 unspecified atom stereocenters. The number of nitrogens with one attached hydrogen (secondary N) is 1. The number of anilines is 1. The summed E-state index contributed by atoms with van der Waals surface area (Å²) in [7, 11) is 3.27. The van der Waals surface area contributed by atoms with E-state index in [0.717, 1.165) is 31.4 Å². The summed E-state index contributed by atoms with van der Waals surface area (Å²) in [5.74, 6) is 2.04. The molecule has 0 spiro atoms. The third kappa shape index (κ3) is 2.89. The lowest BCUT2D eigenvalue weighted by Gasteiger charge is -2.24. The Bertz CT molecular complexity index is 952. The number of fused-ring (bicyclic) bond motifs is 1. The Kier molecular flexibility index (Phi) is 4.18. The van der Waals surface area contributed by atoms with Crippen molar-refractivity contribution in [2.45, 2.75) is 6.04 Å². The molecule has 0 radical (unpaired) electrons. The van der Waals surface area contributed by atoms with Crippen LogP contribution in [-0.2, 0) is 0 Å². The van der Waals surface area contributed by atoms with E-state index in [4.69, 9.17) is 9.47 Å². The molecule has 1 aromatic carbocycles. The summed E-state index contributed by atoms with van der Waals surface area (Å²) in [5, 5.41) is 15.3. The number of thiophene rings is 1. The largest absolute Gasteiger partial charge is 0.497 e. The molecule has 1 aliphatic rings. The fourth-order valence-electron chi connectivity index (χ4n) is 2.74. The Morgan fingerprint density at radius 2 is 2.08 bits per heavy atom. The number of nitrogens with zero attached hydrogens (tertiary/aromatic N) is 4. The minimum atomic E-state index is -0.192. The van der Waals surface area contributed by atoms with E-state index < -0.39 is 0 Å². The zero-order valence-corrected chi connectivity index (χ0v) is 15.8. The predicted molar refractivity (Wildman–Crippen MR) is 99.1 cm³/mol. The number of hydrogen-bond donors (Lipinski definition) is 1. The summed E-state index contributed by atoms with van der Waals surface area (Å²) in [5.41, 5.74) is 1.91. The molecule has 2 aromatic heterocycles. The van der Waals surface area contributed by atoms with E-state index in [1.165, 1.54) is 0 Å². The lowest BCUT2D eigenvalue weighted by atomic mass is 10.0. The maximum absolute atomic E-state index is 5.56. The second-order valence-corrected chi connectivity index (χ2v) is 7.77. The highest BCUT2D eigenvalue weighted by Gasteiger charge is 2.27. The molecule has 128 valence electrons. The van der Waals surface area contributed by atoms with Crippen LogP contribution in [0, 0.1) is 0 Å². The van der Waals surface area contributed by atoms with E-state index in [9.17, 15) is 0 Å². The van der Waals surface area contributed by atoms with Gasteiger partial charge in [0.1, 0.15) is 17.5 Å². The van der Waals surface area contributed by atoms with Gasteiger partial charge in [0.15, 0.2) is 0 Å². The van der Waals surface area contributed by atoms with E-state index in [0.29, 0.717) is 5.95 Å². The van der Waals surface area contributed by atoms with Crippen LogP contribution in [0.2, 0.25) is 0 Å². The Labute approximate surface area is 156 Å². The molecule has 4 rings (SSSR count). The van der Waals surface area contributed by atoms with E-state index in [2.05, 4.69) is 48.9 Å². The first-order valence-electron chi connectivity index (χ1n) is 7.44. The van der Waals surface area contributed by atoms with Crippen LogP contribution in [0.1, 0.15) is 16.5 Å². The van der Waals surface area contributed by atoms with Crippen molar-refractivity contribution in [3.63, 3.8) is 0 Å². The van der Waals surface area contributed by atoms with Crippen LogP contribution in [0.25, 0.3) is 5.70 Å². The number of tetrazole rings is 1. The summed E-state index contributed by atoms with van der Waals surface area (Å²) in [6.07, 6.45) is 2.09. The number of benzene rings is 1. The van der Waals surface area contributed by atoms with Gasteiger partial charge in [-0.2, -0.15) is 4.68 Å². The van der Waals surface area contributed by atoms with E-state index in [-0.39, 0.29) is 6.04 Å². The minimum Gasteiger partial charge on any atom is -0.497 e. The Morgan fingerprint density at radius 1 is 1.20 bits per heavy atom. The number of rotatable bonds is 4. The summed E-state index contributed by atoms with van der Waals surface area (Å²) in [6, 6.07) is 9.61. The average Bonchev–Trinajstić information content (AvgIpc) is 3.29. The molecular formula is C16H14BrN5O2S. The fraction of sp³-hybridized carbons (Fsp3) is 0.188. The topological polar surface area (TPSA) is 74.1 Å². The number of aromatic nitrogens is 4. The Morgan fingerprint density at radius 3 is 2.80 bits per heavy atom. The first kappa shape index (κ1) is 16.1. The van der Waals surface area contributed by atoms with Crippen molar-refractivity contribution in [1.82, 2.24) is 20.2 Å². The SMILES string of the molecule is COc1ccc([C@@H]2C=C(c3ccc(Br)s3)Nc3nnnn32)c(OC)c1. The highest BCUT2D eigenvalue weighted by Crippen LogP contribution is 2.39. The average molecular weight is 420 g/mol. The van der Waals surface area contributed by atoms with Crippen molar-refractivity contribution >= 4 is 38.9 Å². The molecule has 0 amide bonds. The monoisotopic (exact) mass is 419 g/mol. The highest BCUT2D eigenvalue weighted by atomic mass is 79.9. The Hall–Kier alpha value is -2.39. The van der Waals surface area contributed by atoms with Crippen LogP contribution < -0.4 is 14.8 Å². The maximum Gasteiger partial charge on any atom is 0.248 e. The molecule has 0 aliphatic carbocycles. The second-order valence-electron chi connectivity index (χ2n) is 5.31. The van der Waals surface area contributed by atoms with Gasteiger partial charge in [-0.1, -0.05) is 5.10 Å². The van der Waals surface area contributed by atoms with Crippen molar-refractivity contribution < 1.29 is 9.47 Å². The van der Waals surface area contributed by atoms with E-state index >= 15 is 0 Å². The molecule has 0 saturated heterocycles. The van der Waals surface area contributed by atoms with Crippen LogP contribution in [0.3, 0.4) is 0 Å². The molecule has 9 heteroatoms. The van der Waals surface area contributed by atoms with E-state index in [1.807, 2.05) is 24.3 Å². The summed E-state index contributed by atoms with van der Waals surface area (Å²) >= 11 is 5.15. The number of halogens is 1. The maximum atomic E-state index is 5.56. The van der Waals surface area contributed by atoms with Crippen molar-refractivity contribution in [3.8, 4) is 11.5 Å². The van der Waals surface area contributed by atoms with Gasteiger partial charge in [0.05, 0.1) is 28.6 Å². The predicted octanol–water partition coefficient (Wildman–Crippen LogP) is 3.57. The van der Waals surface area contributed by atoms with Gasteiger partial charge in [0.2, 0.25) is 5.95 Å². The zero-order valence-electron chi connectivity index (χ0n) is 13.4. The van der Waals surface area contributed by atoms with Crippen molar-refractivity contribution in [1.29, 1.82) is 0 Å². The minimum absolute atomic E-state index is 0.192. The number of methoxy groups -OCH3 is 2. The molecule has 1 N–H and O–H groups in total. The summed E-state index contributed by atoms with van der Waals surface area (Å²) in [6.45, 7) is 0. The van der Waals surface area contributed by atoms with Crippen LogP contribution in [-0.4, -0.2) is 34.4 Å². The highest BCUT2D eigenvalue weighted by molar-refractivity contribution is 9.11. The first-order valence-corrected chi connectivity index (χ1v) is 9.05. The lowest BCUT2D eigenvalue weighted by Crippen LogP contribution is -2.20. The van der Waals surface area contributed by atoms with Crippen molar-refractivity contribution in [2.24, 2.45) is 0 Å². The molecule has 0 fully saturated rings. The molecule has 1 atom stereocenters. The summed E-state index contributed by atoms with van der Waals surface area (Å²) < 4.78 is 13.6. The molecule has 25 heavy (non-hydrogen) atoms. The molecular weight excluding hydrogens is 406 g/mol. The third-order valence-corrected chi connectivity index (χ3v) is 5.58. The normalized spacial score (nSPS) is 16.0.